The first kappa shape index (κ1) is 8.40. The van der Waals surface area contributed by atoms with Gasteiger partial charge >= 0.3 is 0 Å². The number of hydrogen-bond donors (Lipinski definition) is 0. The minimum absolute atomic E-state index is 0.591. The van der Waals surface area contributed by atoms with Gasteiger partial charge in [-0.2, -0.15) is 0 Å². The standard InChI is InChI=1S/C15H13N/c1-3-7-13-12(6-1)10-16-14-8-4-2-5-11(14)9-15(13)16/h1-8,15H,9-10H2. The minimum Gasteiger partial charge on any atom is -0.360 e. The molecule has 2 aromatic carbocycles. The van der Waals surface area contributed by atoms with E-state index in [-0.39, 0.29) is 0 Å². The summed E-state index contributed by atoms with van der Waals surface area (Å²) in [5.41, 5.74) is 5.96. The third-order valence-corrected chi connectivity index (χ3v) is 3.85. The molecule has 0 aromatic heterocycles. The van der Waals surface area contributed by atoms with E-state index >= 15 is 0 Å². The number of benzene rings is 2. The van der Waals surface area contributed by atoms with Gasteiger partial charge in [0.05, 0.1) is 6.04 Å². The van der Waals surface area contributed by atoms with Crippen LogP contribution in [0.25, 0.3) is 0 Å². The van der Waals surface area contributed by atoms with E-state index in [1.807, 2.05) is 0 Å². The van der Waals surface area contributed by atoms with Crippen LogP contribution in [0.3, 0.4) is 0 Å². The Labute approximate surface area is 95.3 Å². The Hall–Kier alpha value is -1.76. The quantitative estimate of drug-likeness (QED) is 0.640. The third kappa shape index (κ3) is 0.955. The second-order valence-electron chi connectivity index (χ2n) is 4.68. The van der Waals surface area contributed by atoms with Crippen molar-refractivity contribution >= 4 is 5.69 Å². The number of fused-ring (bicyclic) bond motifs is 5. The molecule has 2 aromatic rings. The lowest BCUT2D eigenvalue weighted by Gasteiger charge is -2.18. The summed E-state index contributed by atoms with van der Waals surface area (Å²) in [6, 6.07) is 18.2. The maximum Gasteiger partial charge on any atom is 0.0590 e. The molecular weight excluding hydrogens is 194 g/mol. The van der Waals surface area contributed by atoms with Crippen molar-refractivity contribution < 1.29 is 0 Å². The summed E-state index contributed by atoms with van der Waals surface area (Å²) in [5, 5.41) is 0. The highest BCUT2D eigenvalue weighted by Crippen LogP contribution is 2.46. The van der Waals surface area contributed by atoms with Crippen LogP contribution < -0.4 is 4.90 Å². The normalized spacial score (nSPS) is 20.5. The van der Waals surface area contributed by atoms with Crippen LogP contribution in [0.5, 0.6) is 0 Å². The predicted octanol–water partition coefficient (Wildman–Crippen LogP) is 3.30. The molecule has 1 atom stereocenters. The molecule has 0 saturated carbocycles. The molecule has 4 rings (SSSR count). The van der Waals surface area contributed by atoms with Gasteiger partial charge in [-0.05, 0) is 29.2 Å². The fourth-order valence-electron chi connectivity index (χ4n) is 3.11. The van der Waals surface area contributed by atoms with Gasteiger partial charge in [-0.15, -0.1) is 0 Å². The van der Waals surface area contributed by atoms with E-state index in [0.717, 1.165) is 6.54 Å². The molecule has 0 fully saturated rings. The average molecular weight is 207 g/mol. The number of hydrogen-bond acceptors (Lipinski definition) is 1. The molecule has 0 spiro atoms. The fraction of sp³-hybridized carbons (Fsp3) is 0.200. The molecule has 2 aliphatic heterocycles. The average Bonchev–Trinajstić information content (AvgIpc) is 2.85. The molecule has 2 heterocycles. The second-order valence-corrected chi connectivity index (χ2v) is 4.68. The first-order valence-corrected chi connectivity index (χ1v) is 5.86. The van der Waals surface area contributed by atoms with E-state index in [4.69, 9.17) is 0 Å². The molecule has 2 aliphatic rings. The molecule has 0 bridgehead atoms. The Bertz CT molecular complexity index is 507. The smallest absolute Gasteiger partial charge is 0.0590 e. The number of para-hydroxylation sites is 1. The van der Waals surface area contributed by atoms with Crippen LogP contribution in [-0.4, -0.2) is 0 Å². The number of nitrogens with zero attached hydrogens (tertiary/aromatic N) is 1. The second kappa shape index (κ2) is 2.88. The monoisotopic (exact) mass is 207 g/mol. The lowest BCUT2D eigenvalue weighted by atomic mass is 10.0. The largest absolute Gasteiger partial charge is 0.360 e. The minimum atomic E-state index is 0.591. The molecular formula is C15H13N. The van der Waals surface area contributed by atoms with Crippen molar-refractivity contribution in [1.29, 1.82) is 0 Å². The Morgan fingerprint density at radius 2 is 1.62 bits per heavy atom. The van der Waals surface area contributed by atoms with Crippen LogP contribution in [0.1, 0.15) is 22.7 Å². The van der Waals surface area contributed by atoms with Gasteiger partial charge < -0.3 is 4.90 Å². The van der Waals surface area contributed by atoms with Gasteiger partial charge in [0.1, 0.15) is 0 Å². The van der Waals surface area contributed by atoms with E-state index in [9.17, 15) is 0 Å². The predicted molar refractivity (Wildman–Crippen MR) is 65.5 cm³/mol. The maximum absolute atomic E-state index is 2.54. The zero-order valence-corrected chi connectivity index (χ0v) is 9.06. The molecule has 1 heteroatoms. The Balaban J connectivity index is 1.86. The number of anilines is 1. The molecule has 1 nitrogen and oxygen atoms in total. The maximum atomic E-state index is 2.54. The van der Waals surface area contributed by atoms with Crippen molar-refractivity contribution in [3.05, 3.63) is 65.2 Å². The van der Waals surface area contributed by atoms with Gasteiger partial charge in [-0.25, -0.2) is 0 Å². The topological polar surface area (TPSA) is 3.24 Å². The van der Waals surface area contributed by atoms with E-state index < -0.39 is 0 Å². The van der Waals surface area contributed by atoms with E-state index in [1.54, 1.807) is 0 Å². The van der Waals surface area contributed by atoms with Crippen molar-refractivity contribution in [2.45, 2.75) is 19.0 Å². The molecule has 1 unspecified atom stereocenters. The molecule has 0 N–H and O–H groups in total. The van der Waals surface area contributed by atoms with Crippen molar-refractivity contribution in [3.63, 3.8) is 0 Å². The van der Waals surface area contributed by atoms with Gasteiger partial charge in [0.2, 0.25) is 0 Å². The fourth-order valence-corrected chi connectivity index (χ4v) is 3.11. The molecule has 78 valence electrons. The van der Waals surface area contributed by atoms with Gasteiger partial charge in [0.15, 0.2) is 0 Å². The van der Waals surface area contributed by atoms with Crippen molar-refractivity contribution in [3.8, 4) is 0 Å². The molecule has 0 amide bonds. The van der Waals surface area contributed by atoms with E-state index in [2.05, 4.69) is 53.4 Å². The van der Waals surface area contributed by atoms with Crippen LogP contribution in [0.15, 0.2) is 48.5 Å². The first-order valence-electron chi connectivity index (χ1n) is 5.86. The van der Waals surface area contributed by atoms with Crippen LogP contribution in [0.2, 0.25) is 0 Å². The lowest BCUT2D eigenvalue weighted by Crippen LogP contribution is -2.16. The first-order chi connectivity index (χ1) is 7.93. The molecule has 0 radical (unpaired) electrons. The van der Waals surface area contributed by atoms with Crippen molar-refractivity contribution in [2.24, 2.45) is 0 Å². The van der Waals surface area contributed by atoms with Crippen LogP contribution >= 0.6 is 0 Å². The van der Waals surface area contributed by atoms with Gasteiger partial charge in [-0.3, -0.25) is 0 Å². The molecule has 0 saturated heterocycles. The summed E-state index contributed by atoms with van der Waals surface area (Å²) < 4.78 is 0. The molecule has 0 aliphatic carbocycles. The molecule has 16 heavy (non-hydrogen) atoms. The Morgan fingerprint density at radius 1 is 0.875 bits per heavy atom. The highest BCUT2D eigenvalue weighted by Gasteiger charge is 2.36. The summed E-state index contributed by atoms with van der Waals surface area (Å²) in [6.45, 7) is 1.08. The van der Waals surface area contributed by atoms with E-state index in [0.29, 0.717) is 6.04 Å². The summed E-state index contributed by atoms with van der Waals surface area (Å²) >= 11 is 0. The zero-order chi connectivity index (χ0) is 10.5. The summed E-state index contributed by atoms with van der Waals surface area (Å²) in [5.74, 6) is 0. The lowest BCUT2D eigenvalue weighted by molar-refractivity contribution is 0.717. The highest BCUT2D eigenvalue weighted by atomic mass is 15.2. The zero-order valence-electron chi connectivity index (χ0n) is 9.06. The van der Waals surface area contributed by atoms with Gasteiger partial charge in [0.25, 0.3) is 0 Å². The summed E-state index contributed by atoms with van der Waals surface area (Å²) in [4.78, 5) is 2.54. The van der Waals surface area contributed by atoms with Gasteiger partial charge in [-0.1, -0.05) is 42.5 Å². The summed E-state index contributed by atoms with van der Waals surface area (Å²) in [6.07, 6.45) is 1.17. The number of rotatable bonds is 0. The van der Waals surface area contributed by atoms with Crippen molar-refractivity contribution in [2.75, 3.05) is 4.90 Å². The van der Waals surface area contributed by atoms with E-state index in [1.165, 1.54) is 28.8 Å². The van der Waals surface area contributed by atoms with Crippen LogP contribution in [-0.2, 0) is 13.0 Å². The highest BCUT2D eigenvalue weighted by molar-refractivity contribution is 5.64. The van der Waals surface area contributed by atoms with Crippen molar-refractivity contribution in [1.82, 2.24) is 0 Å². The SMILES string of the molecule is c1ccc2c(c1)CN1c3ccccc3CC21. The summed E-state index contributed by atoms with van der Waals surface area (Å²) in [7, 11) is 0. The third-order valence-electron chi connectivity index (χ3n) is 3.85. The van der Waals surface area contributed by atoms with Gasteiger partial charge in [0, 0.05) is 12.2 Å². The van der Waals surface area contributed by atoms with Crippen LogP contribution in [0, 0.1) is 0 Å². The van der Waals surface area contributed by atoms with Crippen LogP contribution in [0.4, 0.5) is 5.69 Å². The Morgan fingerprint density at radius 3 is 2.56 bits per heavy atom. The Kier molecular flexibility index (Phi) is 1.51.